The van der Waals surface area contributed by atoms with E-state index in [9.17, 15) is 10.1 Å². The average Bonchev–Trinajstić information content (AvgIpc) is 2.46. The van der Waals surface area contributed by atoms with Gasteiger partial charge in [0.05, 0.1) is 35.3 Å². The van der Waals surface area contributed by atoms with E-state index in [0.717, 1.165) is 5.56 Å². The standard InChI is InChI=1S/C14H13N3O2S/c1-8-11(14(18)19-2)12(9-4-3-5-16-7-9)10(6-15)13(20)17-8/h3-5,7,12,17,20H,1-2H3/t12-/m1/s1. The van der Waals surface area contributed by atoms with Gasteiger partial charge < -0.3 is 10.1 Å². The average molecular weight is 287 g/mol. The van der Waals surface area contributed by atoms with Crippen LogP contribution in [-0.4, -0.2) is 18.1 Å². The van der Waals surface area contributed by atoms with Crippen LogP contribution in [0.25, 0.3) is 0 Å². The van der Waals surface area contributed by atoms with Gasteiger partial charge in [-0.15, -0.1) is 12.6 Å². The number of hydrogen-bond acceptors (Lipinski definition) is 6. The number of carbonyl (C=O) groups excluding carboxylic acids is 1. The number of rotatable bonds is 2. The second kappa shape index (κ2) is 5.80. The van der Waals surface area contributed by atoms with Gasteiger partial charge in [-0.25, -0.2) is 4.79 Å². The van der Waals surface area contributed by atoms with E-state index < -0.39 is 11.9 Å². The van der Waals surface area contributed by atoms with Crippen molar-refractivity contribution in [2.45, 2.75) is 12.8 Å². The Hall–Kier alpha value is -2.26. The lowest BCUT2D eigenvalue weighted by Crippen LogP contribution is -2.27. The molecule has 1 atom stereocenters. The molecule has 102 valence electrons. The predicted octanol–water partition coefficient (Wildman–Crippen LogP) is 1.88. The molecule has 5 nitrogen and oxygen atoms in total. The first-order chi connectivity index (χ1) is 9.60. The molecular formula is C14H13N3O2S. The lowest BCUT2D eigenvalue weighted by Gasteiger charge is -2.27. The van der Waals surface area contributed by atoms with Crippen molar-refractivity contribution in [2.75, 3.05) is 7.11 Å². The number of dihydropyridines is 1. The molecule has 2 heterocycles. The maximum absolute atomic E-state index is 12.0. The fourth-order valence-corrected chi connectivity index (χ4v) is 2.54. The van der Waals surface area contributed by atoms with Gasteiger partial charge in [-0.1, -0.05) is 6.07 Å². The third-order valence-corrected chi connectivity index (χ3v) is 3.44. The summed E-state index contributed by atoms with van der Waals surface area (Å²) in [5, 5.41) is 12.7. The Balaban J connectivity index is 2.63. The van der Waals surface area contributed by atoms with Gasteiger partial charge in [0.1, 0.15) is 0 Å². The minimum Gasteiger partial charge on any atom is -0.466 e. The molecule has 0 radical (unpaired) electrons. The topological polar surface area (TPSA) is 75.0 Å². The molecule has 6 heteroatoms. The van der Waals surface area contributed by atoms with E-state index in [-0.39, 0.29) is 0 Å². The second-order valence-corrected chi connectivity index (χ2v) is 4.70. The molecule has 0 saturated carbocycles. The van der Waals surface area contributed by atoms with Gasteiger partial charge in [0.15, 0.2) is 0 Å². The SMILES string of the molecule is COC(=O)C1=C(C)NC(S)=C(C#N)[C@H]1c1cccnc1. The van der Waals surface area contributed by atoms with Crippen LogP contribution in [0.2, 0.25) is 0 Å². The van der Waals surface area contributed by atoms with Gasteiger partial charge in [-0.2, -0.15) is 5.26 Å². The fraction of sp³-hybridized carbons (Fsp3) is 0.214. The molecule has 2 rings (SSSR count). The Morgan fingerprint density at radius 3 is 2.90 bits per heavy atom. The van der Waals surface area contributed by atoms with Crippen molar-refractivity contribution in [3.63, 3.8) is 0 Å². The first-order valence-corrected chi connectivity index (χ1v) is 6.34. The first kappa shape index (κ1) is 14.2. The smallest absolute Gasteiger partial charge is 0.336 e. The fourth-order valence-electron chi connectivity index (χ4n) is 2.19. The zero-order chi connectivity index (χ0) is 14.7. The summed E-state index contributed by atoms with van der Waals surface area (Å²) in [6, 6.07) is 5.68. The molecule has 1 aromatic heterocycles. The predicted molar refractivity (Wildman–Crippen MR) is 76.5 cm³/mol. The number of aromatic nitrogens is 1. The van der Waals surface area contributed by atoms with Crippen LogP contribution in [0.1, 0.15) is 18.4 Å². The van der Waals surface area contributed by atoms with Crippen LogP contribution in [0.15, 0.2) is 46.4 Å². The summed E-state index contributed by atoms with van der Waals surface area (Å²) in [5.41, 5.74) is 2.13. The minimum absolute atomic E-state index is 0.368. The highest BCUT2D eigenvalue weighted by Crippen LogP contribution is 2.38. The highest BCUT2D eigenvalue weighted by atomic mass is 32.1. The number of nitrogens with zero attached hydrogens (tertiary/aromatic N) is 2. The minimum atomic E-state index is -0.519. The summed E-state index contributed by atoms with van der Waals surface area (Å²) < 4.78 is 4.83. The van der Waals surface area contributed by atoms with E-state index in [0.29, 0.717) is 21.9 Å². The van der Waals surface area contributed by atoms with Crippen molar-refractivity contribution in [3.05, 3.63) is 52.0 Å². The molecule has 0 aliphatic carbocycles. The maximum Gasteiger partial charge on any atom is 0.336 e. The molecule has 1 aliphatic rings. The number of ether oxygens (including phenoxy) is 1. The van der Waals surface area contributed by atoms with E-state index in [1.807, 2.05) is 6.07 Å². The van der Waals surface area contributed by atoms with Crippen molar-refractivity contribution in [1.29, 1.82) is 5.26 Å². The molecule has 1 aromatic rings. The van der Waals surface area contributed by atoms with Crippen LogP contribution in [-0.2, 0) is 9.53 Å². The van der Waals surface area contributed by atoms with Crippen LogP contribution in [0.5, 0.6) is 0 Å². The Labute approximate surface area is 122 Å². The number of methoxy groups -OCH3 is 1. The Bertz CT molecular complexity index is 644. The van der Waals surface area contributed by atoms with Crippen LogP contribution < -0.4 is 5.32 Å². The van der Waals surface area contributed by atoms with Crippen LogP contribution >= 0.6 is 12.6 Å². The Morgan fingerprint density at radius 2 is 2.35 bits per heavy atom. The molecule has 0 fully saturated rings. The van der Waals surface area contributed by atoms with Gasteiger partial charge in [0, 0.05) is 18.1 Å². The summed E-state index contributed by atoms with van der Waals surface area (Å²) in [7, 11) is 1.31. The molecule has 0 bridgehead atoms. The van der Waals surface area contributed by atoms with Crippen LogP contribution in [0, 0.1) is 11.3 Å². The summed E-state index contributed by atoms with van der Waals surface area (Å²) in [6.07, 6.45) is 3.26. The molecule has 0 unspecified atom stereocenters. The van der Waals surface area contributed by atoms with Gasteiger partial charge in [-0.05, 0) is 18.6 Å². The Kier molecular flexibility index (Phi) is 4.11. The largest absolute Gasteiger partial charge is 0.466 e. The molecule has 1 aliphatic heterocycles. The molecule has 20 heavy (non-hydrogen) atoms. The maximum atomic E-state index is 12.0. The number of carbonyl (C=O) groups is 1. The number of hydrogen-bond donors (Lipinski definition) is 2. The van der Waals surface area contributed by atoms with Crippen LogP contribution in [0.3, 0.4) is 0 Å². The third-order valence-electron chi connectivity index (χ3n) is 3.09. The number of nitriles is 1. The van der Waals surface area contributed by atoms with E-state index >= 15 is 0 Å². The van der Waals surface area contributed by atoms with Crippen molar-refractivity contribution >= 4 is 18.6 Å². The second-order valence-electron chi connectivity index (χ2n) is 4.25. The Morgan fingerprint density at radius 1 is 1.60 bits per heavy atom. The molecule has 0 aromatic carbocycles. The van der Waals surface area contributed by atoms with Crippen molar-refractivity contribution in [1.82, 2.24) is 10.3 Å². The van der Waals surface area contributed by atoms with Gasteiger partial charge in [0.2, 0.25) is 0 Å². The van der Waals surface area contributed by atoms with E-state index in [2.05, 4.69) is 29.0 Å². The lowest BCUT2D eigenvalue weighted by molar-refractivity contribution is -0.136. The summed E-state index contributed by atoms with van der Waals surface area (Å²) in [6.45, 7) is 1.75. The normalized spacial score (nSPS) is 18.4. The van der Waals surface area contributed by atoms with E-state index in [1.165, 1.54) is 7.11 Å². The highest BCUT2D eigenvalue weighted by molar-refractivity contribution is 7.84. The van der Waals surface area contributed by atoms with Crippen molar-refractivity contribution in [3.8, 4) is 6.07 Å². The molecule has 1 N–H and O–H groups in total. The van der Waals surface area contributed by atoms with Gasteiger partial charge in [0.25, 0.3) is 0 Å². The zero-order valence-corrected chi connectivity index (χ0v) is 11.9. The van der Waals surface area contributed by atoms with Crippen LogP contribution in [0.4, 0.5) is 0 Å². The summed E-state index contributed by atoms with van der Waals surface area (Å²) in [5.74, 6) is -0.993. The number of allylic oxidation sites excluding steroid dienone is 2. The number of pyridine rings is 1. The van der Waals surface area contributed by atoms with Crippen molar-refractivity contribution < 1.29 is 9.53 Å². The molecule has 0 saturated heterocycles. The zero-order valence-electron chi connectivity index (χ0n) is 11.0. The third kappa shape index (κ3) is 2.40. The number of thiol groups is 1. The lowest BCUT2D eigenvalue weighted by atomic mass is 9.83. The quantitative estimate of drug-likeness (QED) is 0.641. The summed E-state index contributed by atoms with van der Waals surface area (Å²) >= 11 is 4.28. The van der Waals surface area contributed by atoms with E-state index in [1.54, 1.807) is 25.4 Å². The monoisotopic (exact) mass is 287 g/mol. The number of esters is 1. The molecule has 0 amide bonds. The number of nitrogens with one attached hydrogen (secondary N) is 1. The highest BCUT2D eigenvalue weighted by Gasteiger charge is 2.34. The van der Waals surface area contributed by atoms with E-state index in [4.69, 9.17) is 4.74 Å². The molecular weight excluding hydrogens is 274 g/mol. The van der Waals surface area contributed by atoms with Gasteiger partial charge in [-0.3, -0.25) is 4.98 Å². The molecule has 0 spiro atoms. The van der Waals surface area contributed by atoms with Crippen molar-refractivity contribution in [2.24, 2.45) is 0 Å². The first-order valence-electron chi connectivity index (χ1n) is 5.89. The van der Waals surface area contributed by atoms with Gasteiger partial charge >= 0.3 is 5.97 Å². The summed E-state index contributed by atoms with van der Waals surface area (Å²) in [4.78, 5) is 16.1.